The fourth-order valence-corrected chi connectivity index (χ4v) is 4.72. The molecule has 0 spiro atoms. The van der Waals surface area contributed by atoms with Gasteiger partial charge in [0.05, 0.1) is 21.1 Å². The quantitative estimate of drug-likeness (QED) is 0.413. The topological polar surface area (TPSA) is 81.8 Å². The standard InChI is InChI=1S/C22H29Cl2N7/c1-4-31(5-2)15-8-6-14(7-9-15)26-20-10-13(3)25-21(29-20)30-22-27-18-11-16(23)17(24)12-19(18)28-22/h10-12,14-15H,4-9H2,1-3H3,(H3,25,26,27,28,29,30). The van der Waals surface area contributed by atoms with E-state index >= 15 is 0 Å². The van der Waals surface area contributed by atoms with Gasteiger partial charge in [-0.2, -0.15) is 4.98 Å². The molecule has 0 unspecified atom stereocenters. The summed E-state index contributed by atoms with van der Waals surface area (Å²) in [5.41, 5.74) is 2.42. The molecule has 0 atom stereocenters. The van der Waals surface area contributed by atoms with Crippen LogP contribution >= 0.6 is 23.2 Å². The Kier molecular flexibility index (Phi) is 6.84. The lowest BCUT2D eigenvalue weighted by molar-refractivity contribution is 0.167. The van der Waals surface area contributed by atoms with Crippen LogP contribution in [0.1, 0.15) is 45.2 Å². The average molecular weight is 462 g/mol. The first-order valence-corrected chi connectivity index (χ1v) is 11.7. The number of fused-ring (bicyclic) bond motifs is 1. The van der Waals surface area contributed by atoms with Crippen molar-refractivity contribution in [3.63, 3.8) is 0 Å². The number of benzene rings is 1. The van der Waals surface area contributed by atoms with Crippen LogP contribution in [0.25, 0.3) is 11.0 Å². The third-order valence-electron chi connectivity index (χ3n) is 5.99. The molecule has 3 N–H and O–H groups in total. The molecular weight excluding hydrogens is 433 g/mol. The number of nitrogens with zero attached hydrogens (tertiary/aromatic N) is 4. The van der Waals surface area contributed by atoms with Crippen molar-refractivity contribution in [2.24, 2.45) is 0 Å². The maximum absolute atomic E-state index is 6.10. The fraction of sp³-hybridized carbons (Fsp3) is 0.500. The summed E-state index contributed by atoms with van der Waals surface area (Å²) in [7, 11) is 0. The molecule has 1 aliphatic rings. The third-order valence-corrected chi connectivity index (χ3v) is 6.71. The number of imidazole rings is 1. The lowest BCUT2D eigenvalue weighted by Gasteiger charge is -2.36. The number of aromatic nitrogens is 4. The lowest BCUT2D eigenvalue weighted by Crippen LogP contribution is -2.40. The summed E-state index contributed by atoms with van der Waals surface area (Å²) in [5.74, 6) is 1.88. The van der Waals surface area contributed by atoms with E-state index in [0.717, 1.165) is 48.5 Å². The van der Waals surface area contributed by atoms with Crippen molar-refractivity contribution in [3.8, 4) is 0 Å². The molecule has 1 fully saturated rings. The summed E-state index contributed by atoms with van der Waals surface area (Å²) in [6.07, 6.45) is 4.74. The summed E-state index contributed by atoms with van der Waals surface area (Å²) < 4.78 is 0. The normalized spacial score (nSPS) is 19.2. The Morgan fingerprint density at radius 1 is 1.00 bits per heavy atom. The van der Waals surface area contributed by atoms with Crippen molar-refractivity contribution in [2.75, 3.05) is 23.7 Å². The highest BCUT2D eigenvalue weighted by molar-refractivity contribution is 6.42. The smallest absolute Gasteiger partial charge is 0.231 e. The average Bonchev–Trinajstić information content (AvgIpc) is 3.10. The molecule has 3 aromatic rings. The number of aromatic amines is 1. The predicted octanol–water partition coefficient (Wildman–Crippen LogP) is 5.78. The van der Waals surface area contributed by atoms with E-state index in [0.29, 0.717) is 34.0 Å². The molecule has 1 aromatic carbocycles. The van der Waals surface area contributed by atoms with Gasteiger partial charge in [-0.15, -0.1) is 0 Å². The first-order valence-electron chi connectivity index (χ1n) is 10.9. The van der Waals surface area contributed by atoms with E-state index < -0.39 is 0 Å². The van der Waals surface area contributed by atoms with Gasteiger partial charge >= 0.3 is 0 Å². The Bertz CT molecular complexity index is 1000. The summed E-state index contributed by atoms with van der Waals surface area (Å²) >= 11 is 12.2. The summed E-state index contributed by atoms with van der Waals surface area (Å²) in [6.45, 7) is 8.71. The molecule has 0 saturated heterocycles. The van der Waals surface area contributed by atoms with E-state index in [1.54, 1.807) is 12.1 Å². The van der Waals surface area contributed by atoms with Crippen LogP contribution < -0.4 is 10.6 Å². The van der Waals surface area contributed by atoms with Crippen LogP contribution in [0.15, 0.2) is 18.2 Å². The molecule has 0 radical (unpaired) electrons. The summed E-state index contributed by atoms with van der Waals surface area (Å²) in [5, 5.41) is 7.73. The number of hydrogen-bond donors (Lipinski definition) is 3. The van der Waals surface area contributed by atoms with Crippen LogP contribution in [0.4, 0.5) is 17.7 Å². The Hall–Kier alpha value is -2.09. The second-order valence-corrected chi connectivity index (χ2v) is 8.90. The van der Waals surface area contributed by atoms with Gasteiger partial charge in [-0.25, -0.2) is 9.97 Å². The van der Waals surface area contributed by atoms with E-state index in [4.69, 9.17) is 23.2 Å². The molecule has 7 nitrogen and oxygen atoms in total. The van der Waals surface area contributed by atoms with E-state index in [-0.39, 0.29) is 0 Å². The molecule has 2 heterocycles. The number of halogens is 2. The highest BCUT2D eigenvalue weighted by Gasteiger charge is 2.24. The minimum Gasteiger partial charge on any atom is -0.367 e. The van der Waals surface area contributed by atoms with Gasteiger partial charge in [0.2, 0.25) is 11.9 Å². The van der Waals surface area contributed by atoms with Crippen molar-refractivity contribution >= 4 is 51.9 Å². The zero-order valence-electron chi connectivity index (χ0n) is 18.2. The Balaban J connectivity index is 1.43. The highest BCUT2D eigenvalue weighted by Crippen LogP contribution is 2.28. The monoisotopic (exact) mass is 461 g/mol. The number of hydrogen-bond acceptors (Lipinski definition) is 6. The maximum atomic E-state index is 6.10. The van der Waals surface area contributed by atoms with Gasteiger partial charge in [0.1, 0.15) is 5.82 Å². The molecule has 2 aromatic heterocycles. The van der Waals surface area contributed by atoms with Gasteiger partial charge in [0, 0.05) is 23.8 Å². The Morgan fingerprint density at radius 3 is 2.42 bits per heavy atom. The van der Waals surface area contributed by atoms with Crippen LogP contribution in [0.3, 0.4) is 0 Å². The van der Waals surface area contributed by atoms with Crippen LogP contribution in [-0.2, 0) is 0 Å². The molecule has 0 aliphatic heterocycles. The Morgan fingerprint density at radius 2 is 1.71 bits per heavy atom. The first-order chi connectivity index (χ1) is 14.9. The van der Waals surface area contributed by atoms with Crippen molar-refractivity contribution in [1.29, 1.82) is 0 Å². The van der Waals surface area contributed by atoms with E-state index in [9.17, 15) is 0 Å². The van der Waals surface area contributed by atoms with Gasteiger partial charge in [0.25, 0.3) is 0 Å². The van der Waals surface area contributed by atoms with Crippen LogP contribution in [0.2, 0.25) is 10.0 Å². The van der Waals surface area contributed by atoms with Crippen LogP contribution in [0.5, 0.6) is 0 Å². The molecular formula is C22H29Cl2N7. The van der Waals surface area contributed by atoms with Crippen molar-refractivity contribution in [1.82, 2.24) is 24.8 Å². The predicted molar refractivity (Wildman–Crippen MR) is 129 cm³/mol. The van der Waals surface area contributed by atoms with Crippen molar-refractivity contribution in [2.45, 2.75) is 58.5 Å². The van der Waals surface area contributed by atoms with Crippen molar-refractivity contribution in [3.05, 3.63) is 33.9 Å². The lowest BCUT2D eigenvalue weighted by atomic mass is 9.90. The second kappa shape index (κ2) is 9.59. The molecule has 1 aliphatic carbocycles. The zero-order valence-corrected chi connectivity index (χ0v) is 19.7. The minimum absolute atomic E-state index is 0.435. The summed E-state index contributed by atoms with van der Waals surface area (Å²) in [4.78, 5) is 19.4. The molecule has 0 amide bonds. The highest BCUT2D eigenvalue weighted by atomic mass is 35.5. The summed E-state index contributed by atoms with van der Waals surface area (Å²) in [6, 6.07) is 6.62. The number of H-pyrrole nitrogens is 1. The zero-order chi connectivity index (χ0) is 22.0. The Labute approximate surface area is 193 Å². The van der Waals surface area contributed by atoms with Crippen LogP contribution in [0, 0.1) is 6.92 Å². The molecule has 4 rings (SSSR count). The van der Waals surface area contributed by atoms with Gasteiger partial charge in [-0.1, -0.05) is 37.0 Å². The van der Waals surface area contributed by atoms with E-state index in [1.807, 2.05) is 13.0 Å². The fourth-order valence-electron chi connectivity index (χ4n) is 4.40. The maximum Gasteiger partial charge on any atom is 0.231 e. The molecule has 31 heavy (non-hydrogen) atoms. The number of anilines is 3. The van der Waals surface area contributed by atoms with Crippen molar-refractivity contribution < 1.29 is 0 Å². The molecule has 166 valence electrons. The van der Waals surface area contributed by atoms with Gasteiger partial charge in [0.15, 0.2) is 0 Å². The van der Waals surface area contributed by atoms with E-state index in [2.05, 4.69) is 49.3 Å². The van der Waals surface area contributed by atoms with Gasteiger partial charge in [-0.05, 0) is 57.8 Å². The SMILES string of the molecule is CCN(CC)C1CCC(Nc2cc(C)nc(Nc3nc4cc(Cl)c(Cl)cc4[nH]3)n2)CC1. The third kappa shape index (κ3) is 5.22. The van der Waals surface area contributed by atoms with Gasteiger partial charge in [-0.3, -0.25) is 5.32 Å². The first kappa shape index (κ1) is 22.1. The second-order valence-electron chi connectivity index (χ2n) is 8.08. The van der Waals surface area contributed by atoms with Gasteiger partial charge < -0.3 is 15.2 Å². The molecule has 1 saturated carbocycles. The molecule has 0 bridgehead atoms. The number of aryl methyl sites for hydroxylation is 1. The minimum atomic E-state index is 0.435. The largest absolute Gasteiger partial charge is 0.367 e. The molecule has 9 heteroatoms. The number of nitrogens with one attached hydrogen (secondary N) is 3. The van der Waals surface area contributed by atoms with Crippen LogP contribution in [-0.4, -0.2) is 50.0 Å². The van der Waals surface area contributed by atoms with E-state index in [1.165, 1.54) is 12.8 Å². The number of rotatable bonds is 7.